The fourth-order valence-electron chi connectivity index (χ4n) is 2.20. The highest BCUT2D eigenvalue weighted by Crippen LogP contribution is 2.28. The van der Waals surface area contributed by atoms with E-state index in [-0.39, 0.29) is 11.5 Å². The number of rotatable bonds is 2. The van der Waals surface area contributed by atoms with E-state index in [1.807, 2.05) is 0 Å². The van der Waals surface area contributed by atoms with Gasteiger partial charge in [-0.1, -0.05) is 18.2 Å². The van der Waals surface area contributed by atoms with Crippen molar-refractivity contribution in [2.75, 3.05) is 7.11 Å². The molecule has 0 saturated carbocycles. The van der Waals surface area contributed by atoms with Gasteiger partial charge in [0.05, 0.1) is 12.7 Å². The van der Waals surface area contributed by atoms with Crippen molar-refractivity contribution in [3.8, 4) is 5.75 Å². The number of benzene rings is 2. The Balaban J connectivity index is 2.17. The second-order valence-electron chi connectivity index (χ2n) is 4.22. The van der Waals surface area contributed by atoms with E-state index in [1.165, 1.54) is 0 Å². The molecule has 4 nitrogen and oxygen atoms in total. The van der Waals surface area contributed by atoms with E-state index < -0.39 is 0 Å². The minimum atomic E-state index is -0.251. The SMILES string of the molecule is COc1cccc(C2=[N+]([O-])c3ccccc3C2=O)c1. The summed E-state index contributed by atoms with van der Waals surface area (Å²) < 4.78 is 5.80. The van der Waals surface area contributed by atoms with Gasteiger partial charge in [-0.2, -0.15) is 4.74 Å². The fraction of sp³-hybridized carbons (Fsp3) is 0.0667. The Bertz CT molecular complexity index is 704. The molecule has 1 aliphatic rings. The lowest BCUT2D eigenvalue weighted by Crippen LogP contribution is -2.16. The Morgan fingerprint density at radius 3 is 2.63 bits per heavy atom. The van der Waals surface area contributed by atoms with Gasteiger partial charge in [0.2, 0.25) is 5.69 Å². The maximum Gasteiger partial charge on any atom is 0.273 e. The molecule has 0 spiro atoms. The van der Waals surface area contributed by atoms with Gasteiger partial charge >= 0.3 is 0 Å². The molecule has 3 rings (SSSR count). The number of carbonyl (C=O) groups is 1. The predicted molar refractivity (Wildman–Crippen MR) is 71.2 cm³/mol. The molecule has 19 heavy (non-hydrogen) atoms. The van der Waals surface area contributed by atoms with Crippen molar-refractivity contribution in [1.29, 1.82) is 0 Å². The van der Waals surface area contributed by atoms with Gasteiger partial charge in [0.25, 0.3) is 11.5 Å². The van der Waals surface area contributed by atoms with Gasteiger partial charge in [-0.25, -0.2) is 0 Å². The van der Waals surface area contributed by atoms with Gasteiger partial charge in [0.1, 0.15) is 11.3 Å². The molecule has 0 aromatic heterocycles. The third-order valence-corrected chi connectivity index (χ3v) is 3.13. The van der Waals surface area contributed by atoms with Crippen LogP contribution < -0.4 is 4.74 Å². The quantitative estimate of drug-likeness (QED) is 0.610. The van der Waals surface area contributed by atoms with Crippen LogP contribution in [0.3, 0.4) is 0 Å². The molecular weight excluding hydrogens is 242 g/mol. The van der Waals surface area contributed by atoms with Crippen LogP contribution in [0.15, 0.2) is 48.5 Å². The van der Waals surface area contributed by atoms with E-state index in [0.29, 0.717) is 27.3 Å². The zero-order valence-electron chi connectivity index (χ0n) is 10.3. The monoisotopic (exact) mass is 253 g/mol. The van der Waals surface area contributed by atoms with E-state index in [0.717, 1.165) is 0 Å². The van der Waals surface area contributed by atoms with Crippen LogP contribution in [-0.4, -0.2) is 23.3 Å². The lowest BCUT2D eigenvalue weighted by Gasteiger charge is -2.03. The maximum atomic E-state index is 12.3. The Hall–Kier alpha value is -2.62. The van der Waals surface area contributed by atoms with Crippen LogP contribution in [0, 0.1) is 5.21 Å². The third-order valence-electron chi connectivity index (χ3n) is 3.13. The van der Waals surface area contributed by atoms with Gasteiger partial charge in [-0.15, -0.1) is 0 Å². The Kier molecular flexibility index (Phi) is 2.56. The Morgan fingerprint density at radius 2 is 1.89 bits per heavy atom. The normalized spacial score (nSPS) is 13.6. The molecule has 0 radical (unpaired) electrons. The number of ketones is 1. The molecule has 0 amide bonds. The van der Waals surface area contributed by atoms with E-state index in [2.05, 4.69) is 0 Å². The average Bonchev–Trinajstić information content (AvgIpc) is 2.72. The number of carbonyl (C=O) groups excluding carboxylic acids is 1. The molecule has 0 atom stereocenters. The van der Waals surface area contributed by atoms with E-state index in [9.17, 15) is 10.0 Å². The maximum absolute atomic E-state index is 12.3. The standard InChI is InChI=1S/C15H11NO3/c1-19-11-6-4-5-10(9-11)14-15(17)12-7-2-3-8-13(12)16(14)18/h2-9H,1H3. The summed E-state index contributed by atoms with van der Waals surface area (Å²) >= 11 is 0. The van der Waals surface area contributed by atoms with Crippen molar-refractivity contribution < 1.29 is 14.3 Å². The highest BCUT2D eigenvalue weighted by Gasteiger charge is 2.36. The summed E-state index contributed by atoms with van der Waals surface area (Å²) in [6.45, 7) is 0. The van der Waals surface area contributed by atoms with E-state index in [4.69, 9.17) is 4.74 Å². The lowest BCUT2D eigenvalue weighted by molar-refractivity contribution is -0.355. The summed E-state index contributed by atoms with van der Waals surface area (Å²) in [6, 6.07) is 13.7. The number of nitrogens with zero attached hydrogens (tertiary/aromatic N) is 1. The van der Waals surface area contributed by atoms with Crippen molar-refractivity contribution >= 4 is 17.2 Å². The van der Waals surface area contributed by atoms with Crippen LogP contribution >= 0.6 is 0 Å². The summed E-state index contributed by atoms with van der Waals surface area (Å²) in [6.07, 6.45) is 0. The first-order chi connectivity index (χ1) is 9.22. The highest BCUT2D eigenvalue weighted by molar-refractivity contribution is 6.52. The van der Waals surface area contributed by atoms with Crippen molar-refractivity contribution in [3.05, 3.63) is 64.9 Å². The molecule has 2 aromatic rings. The lowest BCUT2D eigenvalue weighted by atomic mass is 10.0. The van der Waals surface area contributed by atoms with Crippen molar-refractivity contribution in [1.82, 2.24) is 0 Å². The zero-order chi connectivity index (χ0) is 13.4. The van der Waals surface area contributed by atoms with Gasteiger partial charge in [-0.05, 0) is 24.3 Å². The molecule has 0 fully saturated rings. The van der Waals surface area contributed by atoms with Gasteiger partial charge in [-0.3, -0.25) is 4.79 Å². The van der Waals surface area contributed by atoms with Gasteiger partial charge in [0, 0.05) is 6.07 Å². The molecular formula is C15H11NO3. The molecule has 4 heteroatoms. The van der Waals surface area contributed by atoms with E-state index in [1.54, 1.807) is 55.6 Å². The molecule has 2 aromatic carbocycles. The number of ether oxygens (including phenoxy) is 1. The number of fused-ring (bicyclic) bond motifs is 1. The van der Waals surface area contributed by atoms with Gasteiger partial charge < -0.3 is 9.94 Å². The molecule has 94 valence electrons. The van der Waals surface area contributed by atoms with Crippen molar-refractivity contribution in [2.45, 2.75) is 0 Å². The van der Waals surface area contributed by atoms with E-state index >= 15 is 0 Å². The highest BCUT2D eigenvalue weighted by atomic mass is 16.5. The summed E-state index contributed by atoms with van der Waals surface area (Å²) in [5.74, 6) is 0.362. The predicted octanol–water partition coefficient (Wildman–Crippen LogP) is 2.52. The second-order valence-corrected chi connectivity index (χ2v) is 4.22. The molecule has 1 aliphatic heterocycles. The first kappa shape index (κ1) is 11.5. The number of hydrogen-bond acceptors (Lipinski definition) is 3. The minimum Gasteiger partial charge on any atom is -0.618 e. The van der Waals surface area contributed by atoms with Gasteiger partial charge in [0.15, 0.2) is 0 Å². The van der Waals surface area contributed by atoms with Crippen LogP contribution in [-0.2, 0) is 0 Å². The zero-order valence-corrected chi connectivity index (χ0v) is 10.3. The summed E-state index contributed by atoms with van der Waals surface area (Å²) in [4.78, 5) is 12.3. The topological polar surface area (TPSA) is 52.4 Å². The van der Waals surface area contributed by atoms with Crippen molar-refractivity contribution in [3.63, 3.8) is 0 Å². The first-order valence-electron chi connectivity index (χ1n) is 5.85. The molecule has 0 saturated heterocycles. The van der Waals surface area contributed by atoms with Crippen LogP contribution in [0.5, 0.6) is 5.75 Å². The first-order valence-corrected chi connectivity index (χ1v) is 5.85. The molecule has 1 heterocycles. The summed E-state index contributed by atoms with van der Waals surface area (Å²) in [5.41, 5.74) is 1.54. The number of para-hydroxylation sites is 1. The number of hydrogen-bond donors (Lipinski definition) is 0. The second kappa shape index (κ2) is 4.24. The molecule has 0 unspecified atom stereocenters. The Labute approximate surface area is 110 Å². The van der Waals surface area contributed by atoms with Crippen molar-refractivity contribution in [2.24, 2.45) is 0 Å². The van der Waals surface area contributed by atoms with Crippen LogP contribution in [0.25, 0.3) is 0 Å². The van der Waals surface area contributed by atoms with Crippen LogP contribution in [0.4, 0.5) is 5.69 Å². The molecule has 0 N–H and O–H groups in total. The number of methoxy groups -OCH3 is 1. The minimum absolute atomic E-state index is 0.139. The van der Waals surface area contributed by atoms with Crippen LogP contribution in [0.1, 0.15) is 15.9 Å². The smallest absolute Gasteiger partial charge is 0.273 e. The number of Topliss-reactive ketones (excluding diaryl/α,β-unsaturated/α-hetero) is 1. The summed E-state index contributed by atoms with van der Waals surface area (Å²) in [7, 11) is 1.55. The third kappa shape index (κ3) is 1.69. The Morgan fingerprint density at radius 1 is 1.11 bits per heavy atom. The van der Waals surface area contributed by atoms with Crippen LogP contribution in [0.2, 0.25) is 0 Å². The average molecular weight is 253 g/mol. The molecule has 0 bridgehead atoms. The molecule has 0 aliphatic carbocycles. The summed E-state index contributed by atoms with van der Waals surface area (Å²) in [5, 5.41) is 12.2. The largest absolute Gasteiger partial charge is 0.618 e. The fourth-order valence-corrected chi connectivity index (χ4v) is 2.20.